The normalized spacial score (nSPS) is 14.7. The van der Waals surface area contributed by atoms with Gasteiger partial charge in [0.2, 0.25) is 11.8 Å². The van der Waals surface area contributed by atoms with Crippen LogP contribution >= 0.6 is 11.8 Å². The number of halogens is 1. The fourth-order valence-corrected chi connectivity index (χ4v) is 4.69. The highest BCUT2D eigenvalue weighted by molar-refractivity contribution is 7.99. The molecule has 1 fully saturated rings. The SMILES string of the molecule is COc1ccc(CSCC(=O)N(Cc2ccc(F)cc2)[C@@H](C)C(=O)NC2CCCC2)cc1. The van der Waals surface area contributed by atoms with Crippen molar-refractivity contribution in [3.63, 3.8) is 0 Å². The molecular formula is C25H31FN2O3S. The van der Waals surface area contributed by atoms with Crippen LogP contribution in [0.2, 0.25) is 0 Å². The summed E-state index contributed by atoms with van der Waals surface area (Å²) in [6.45, 7) is 2.03. The molecule has 2 aromatic carbocycles. The fourth-order valence-electron chi connectivity index (χ4n) is 3.82. The average Bonchev–Trinajstić information content (AvgIpc) is 3.31. The molecule has 1 saturated carbocycles. The van der Waals surface area contributed by atoms with Crippen LogP contribution in [0.3, 0.4) is 0 Å². The molecule has 32 heavy (non-hydrogen) atoms. The molecule has 1 aliphatic carbocycles. The van der Waals surface area contributed by atoms with Gasteiger partial charge >= 0.3 is 0 Å². The minimum absolute atomic E-state index is 0.109. The van der Waals surface area contributed by atoms with E-state index < -0.39 is 6.04 Å². The molecular weight excluding hydrogens is 427 g/mol. The van der Waals surface area contributed by atoms with E-state index in [0.717, 1.165) is 42.6 Å². The second-order valence-corrected chi connectivity index (χ2v) is 9.14. The Morgan fingerprint density at radius 2 is 1.72 bits per heavy atom. The number of amides is 2. The maximum absolute atomic E-state index is 13.3. The lowest BCUT2D eigenvalue weighted by Gasteiger charge is -2.29. The number of carbonyl (C=O) groups is 2. The maximum atomic E-state index is 13.3. The first kappa shape index (κ1) is 24.1. The third-order valence-corrected chi connectivity index (χ3v) is 6.78. The van der Waals surface area contributed by atoms with Gasteiger partial charge in [-0.2, -0.15) is 0 Å². The summed E-state index contributed by atoms with van der Waals surface area (Å²) < 4.78 is 18.5. The number of benzene rings is 2. The smallest absolute Gasteiger partial charge is 0.242 e. The van der Waals surface area contributed by atoms with Crippen molar-refractivity contribution in [2.24, 2.45) is 0 Å². The molecule has 1 N–H and O–H groups in total. The van der Waals surface area contributed by atoms with Crippen LogP contribution in [-0.2, 0) is 21.9 Å². The van der Waals surface area contributed by atoms with Crippen LogP contribution in [0.4, 0.5) is 4.39 Å². The molecule has 5 nitrogen and oxygen atoms in total. The summed E-state index contributed by atoms with van der Waals surface area (Å²) in [6, 6.07) is 13.4. The minimum atomic E-state index is -0.602. The van der Waals surface area contributed by atoms with Crippen molar-refractivity contribution in [1.29, 1.82) is 0 Å². The lowest BCUT2D eigenvalue weighted by atomic mass is 10.1. The van der Waals surface area contributed by atoms with E-state index in [1.54, 1.807) is 31.1 Å². The highest BCUT2D eigenvalue weighted by Crippen LogP contribution is 2.20. The maximum Gasteiger partial charge on any atom is 0.242 e. The van der Waals surface area contributed by atoms with Gasteiger partial charge in [-0.25, -0.2) is 4.39 Å². The van der Waals surface area contributed by atoms with E-state index in [1.165, 1.54) is 23.9 Å². The van der Waals surface area contributed by atoms with Crippen molar-refractivity contribution >= 4 is 23.6 Å². The lowest BCUT2D eigenvalue weighted by Crippen LogP contribution is -2.50. The van der Waals surface area contributed by atoms with E-state index in [4.69, 9.17) is 4.74 Å². The minimum Gasteiger partial charge on any atom is -0.497 e. The number of nitrogens with one attached hydrogen (secondary N) is 1. The average molecular weight is 459 g/mol. The van der Waals surface area contributed by atoms with Gasteiger partial charge < -0.3 is 15.0 Å². The molecule has 2 aromatic rings. The number of rotatable bonds is 10. The number of methoxy groups -OCH3 is 1. The van der Waals surface area contributed by atoms with E-state index in [9.17, 15) is 14.0 Å². The van der Waals surface area contributed by atoms with Gasteiger partial charge in [-0.3, -0.25) is 9.59 Å². The van der Waals surface area contributed by atoms with Gasteiger partial charge in [0.25, 0.3) is 0 Å². The van der Waals surface area contributed by atoms with E-state index >= 15 is 0 Å². The van der Waals surface area contributed by atoms with Gasteiger partial charge in [0.15, 0.2) is 0 Å². The number of hydrogen-bond acceptors (Lipinski definition) is 4. The van der Waals surface area contributed by atoms with Gasteiger partial charge in [-0.1, -0.05) is 37.1 Å². The summed E-state index contributed by atoms with van der Waals surface area (Å²) in [7, 11) is 1.63. The Labute approximate surface area is 193 Å². The molecule has 1 aliphatic rings. The summed E-state index contributed by atoms with van der Waals surface area (Å²) >= 11 is 1.51. The standard InChI is InChI=1S/C25H31FN2O3S/c1-18(25(30)27-22-5-3-4-6-22)28(15-19-7-11-21(26)12-8-19)24(29)17-32-16-20-9-13-23(31-2)14-10-20/h7-14,18,22H,3-6,15-17H2,1-2H3,(H,27,30)/t18-/m0/s1. The van der Waals surface area contributed by atoms with Gasteiger partial charge in [0.1, 0.15) is 17.6 Å². The predicted octanol–water partition coefficient (Wildman–Crippen LogP) is 4.54. The van der Waals surface area contributed by atoms with Crippen LogP contribution < -0.4 is 10.1 Å². The summed E-state index contributed by atoms with van der Waals surface area (Å²) in [5.41, 5.74) is 1.89. The molecule has 7 heteroatoms. The molecule has 0 heterocycles. The third-order valence-electron chi connectivity index (χ3n) is 5.79. The summed E-state index contributed by atoms with van der Waals surface area (Å²) in [6.07, 6.45) is 4.23. The van der Waals surface area contributed by atoms with E-state index in [2.05, 4.69) is 5.32 Å². The quantitative estimate of drug-likeness (QED) is 0.568. The fraction of sp³-hybridized carbons (Fsp3) is 0.440. The Morgan fingerprint density at radius 3 is 2.34 bits per heavy atom. The van der Waals surface area contributed by atoms with Crippen LogP contribution in [0.25, 0.3) is 0 Å². The Hall–Kier alpha value is -2.54. The van der Waals surface area contributed by atoms with E-state index in [1.807, 2.05) is 24.3 Å². The van der Waals surface area contributed by atoms with Gasteiger partial charge in [0.05, 0.1) is 12.9 Å². The molecule has 0 aromatic heterocycles. The van der Waals surface area contributed by atoms with Crippen LogP contribution in [0.15, 0.2) is 48.5 Å². The number of ether oxygens (including phenoxy) is 1. The Morgan fingerprint density at radius 1 is 1.09 bits per heavy atom. The largest absolute Gasteiger partial charge is 0.497 e. The molecule has 0 radical (unpaired) electrons. The van der Waals surface area contributed by atoms with Crippen LogP contribution in [0.5, 0.6) is 5.75 Å². The monoisotopic (exact) mass is 458 g/mol. The summed E-state index contributed by atoms with van der Waals surface area (Å²) in [4.78, 5) is 27.6. The first-order valence-electron chi connectivity index (χ1n) is 11.0. The Bertz CT molecular complexity index is 883. The zero-order chi connectivity index (χ0) is 22.9. The number of carbonyl (C=O) groups excluding carboxylic acids is 2. The van der Waals surface area contributed by atoms with Gasteiger partial charge in [0, 0.05) is 18.3 Å². The van der Waals surface area contributed by atoms with Gasteiger partial charge in [-0.15, -0.1) is 11.8 Å². The van der Waals surface area contributed by atoms with Crippen molar-refractivity contribution in [3.05, 3.63) is 65.5 Å². The highest BCUT2D eigenvalue weighted by atomic mass is 32.2. The first-order chi connectivity index (χ1) is 15.5. The molecule has 1 atom stereocenters. The highest BCUT2D eigenvalue weighted by Gasteiger charge is 2.28. The predicted molar refractivity (Wildman–Crippen MR) is 126 cm³/mol. The van der Waals surface area contributed by atoms with Crippen LogP contribution in [-0.4, -0.2) is 41.7 Å². The van der Waals surface area contributed by atoms with Crippen molar-refractivity contribution in [2.75, 3.05) is 12.9 Å². The molecule has 3 rings (SSSR count). The first-order valence-corrected chi connectivity index (χ1v) is 12.2. The van der Waals surface area contributed by atoms with Crippen LogP contribution in [0.1, 0.15) is 43.7 Å². The molecule has 0 bridgehead atoms. The van der Waals surface area contributed by atoms with Crippen molar-refractivity contribution < 1.29 is 18.7 Å². The number of thioether (sulfide) groups is 1. The Kier molecular flexibility index (Phi) is 8.97. The van der Waals surface area contributed by atoms with Gasteiger partial charge in [-0.05, 0) is 55.2 Å². The van der Waals surface area contributed by atoms with E-state index in [0.29, 0.717) is 5.75 Å². The molecule has 0 unspecified atom stereocenters. The number of hydrogen-bond donors (Lipinski definition) is 1. The van der Waals surface area contributed by atoms with Crippen LogP contribution in [0, 0.1) is 5.82 Å². The second-order valence-electron chi connectivity index (χ2n) is 8.15. The van der Waals surface area contributed by atoms with Crippen molar-refractivity contribution in [1.82, 2.24) is 10.2 Å². The molecule has 0 saturated heterocycles. The van der Waals surface area contributed by atoms with Crippen molar-refractivity contribution in [2.45, 2.75) is 57.0 Å². The Balaban J connectivity index is 1.63. The topological polar surface area (TPSA) is 58.6 Å². The summed E-state index contributed by atoms with van der Waals surface area (Å²) in [5, 5.41) is 3.09. The molecule has 172 valence electrons. The zero-order valence-corrected chi connectivity index (χ0v) is 19.5. The second kappa shape index (κ2) is 11.9. The summed E-state index contributed by atoms with van der Waals surface area (Å²) in [5.74, 6) is 1.17. The van der Waals surface area contributed by atoms with E-state index in [-0.39, 0.29) is 36.0 Å². The third kappa shape index (κ3) is 6.99. The molecule has 0 spiro atoms. The molecule has 0 aliphatic heterocycles. The zero-order valence-electron chi connectivity index (χ0n) is 18.7. The van der Waals surface area contributed by atoms with Crippen molar-refractivity contribution in [3.8, 4) is 5.75 Å². The number of nitrogens with zero attached hydrogens (tertiary/aromatic N) is 1. The molecule has 2 amide bonds. The lowest BCUT2D eigenvalue weighted by molar-refractivity contribution is -0.138.